The molecule has 0 aliphatic carbocycles. The number of aliphatic hydroxyl groups is 1. The molecule has 0 radical (unpaired) electrons. The van der Waals surface area contributed by atoms with E-state index in [9.17, 15) is 9.90 Å². The number of hydrogen-bond donors (Lipinski definition) is 3. The molecule has 3 N–H and O–H groups in total. The van der Waals surface area contributed by atoms with Gasteiger partial charge in [0.2, 0.25) is 0 Å². The standard InChI is InChI=1S/C26H29N3O3/c1-16-7-11-18(12-8-16)23-24(19-13-9-17(2)10-14-19)29-26-25(28-23)21(30)15-20(27-26)5-3-4-6-22(31)32/h7-14,20-21,30H,3-6,15H2,1-2H3,(H,27,29)(H,31,32). The summed E-state index contributed by atoms with van der Waals surface area (Å²) in [6.07, 6.45) is 2.19. The summed E-state index contributed by atoms with van der Waals surface area (Å²) in [5, 5.41) is 23.1. The molecule has 1 aliphatic rings. The number of hydrogen-bond acceptors (Lipinski definition) is 5. The topological polar surface area (TPSA) is 95.3 Å². The first kappa shape index (κ1) is 22.0. The molecule has 2 atom stereocenters. The average Bonchev–Trinajstić information content (AvgIpc) is 2.77. The van der Waals surface area contributed by atoms with Gasteiger partial charge in [0.15, 0.2) is 5.82 Å². The minimum Gasteiger partial charge on any atom is -0.481 e. The van der Waals surface area contributed by atoms with Gasteiger partial charge in [0.25, 0.3) is 0 Å². The molecule has 4 rings (SSSR count). The number of aryl methyl sites for hydroxylation is 2. The highest BCUT2D eigenvalue weighted by Crippen LogP contribution is 2.37. The van der Waals surface area contributed by atoms with Crippen LogP contribution in [0.2, 0.25) is 0 Å². The minimum atomic E-state index is -0.774. The van der Waals surface area contributed by atoms with Crippen LogP contribution < -0.4 is 5.32 Å². The van der Waals surface area contributed by atoms with E-state index in [-0.39, 0.29) is 12.5 Å². The fraction of sp³-hybridized carbons (Fsp3) is 0.346. The number of benzene rings is 2. The number of unbranched alkanes of at least 4 members (excludes halogenated alkanes) is 1. The van der Waals surface area contributed by atoms with Crippen LogP contribution in [0.3, 0.4) is 0 Å². The van der Waals surface area contributed by atoms with Gasteiger partial charge in [-0.2, -0.15) is 0 Å². The molecule has 0 spiro atoms. The monoisotopic (exact) mass is 431 g/mol. The molecule has 2 unspecified atom stereocenters. The molecule has 0 fully saturated rings. The van der Waals surface area contributed by atoms with Crippen molar-refractivity contribution in [3.63, 3.8) is 0 Å². The fourth-order valence-corrected chi connectivity index (χ4v) is 4.10. The Kier molecular flexibility index (Phi) is 6.51. The third kappa shape index (κ3) is 4.97. The quantitative estimate of drug-likeness (QED) is 0.440. The van der Waals surface area contributed by atoms with Crippen LogP contribution in [-0.2, 0) is 4.79 Å². The fourth-order valence-electron chi connectivity index (χ4n) is 4.10. The van der Waals surface area contributed by atoms with Crippen LogP contribution in [0.1, 0.15) is 55.0 Å². The van der Waals surface area contributed by atoms with Gasteiger partial charge < -0.3 is 15.5 Å². The molecule has 32 heavy (non-hydrogen) atoms. The van der Waals surface area contributed by atoms with Gasteiger partial charge in [-0.1, -0.05) is 66.1 Å². The van der Waals surface area contributed by atoms with Crippen LogP contribution in [0.4, 0.5) is 5.82 Å². The van der Waals surface area contributed by atoms with Gasteiger partial charge in [-0.05, 0) is 33.1 Å². The zero-order valence-corrected chi connectivity index (χ0v) is 18.5. The Balaban J connectivity index is 1.69. The third-order valence-corrected chi connectivity index (χ3v) is 5.93. The van der Waals surface area contributed by atoms with Crippen molar-refractivity contribution in [3.05, 3.63) is 65.4 Å². The first-order valence-electron chi connectivity index (χ1n) is 11.1. The molecule has 3 aromatic rings. The Morgan fingerprint density at radius 1 is 0.938 bits per heavy atom. The Hall–Kier alpha value is -3.25. The summed E-state index contributed by atoms with van der Waals surface area (Å²) >= 11 is 0. The number of rotatable bonds is 7. The van der Waals surface area contributed by atoms with E-state index in [1.54, 1.807) is 0 Å². The lowest BCUT2D eigenvalue weighted by Gasteiger charge is -2.30. The first-order chi connectivity index (χ1) is 15.4. The summed E-state index contributed by atoms with van der Waals surface area (Å²) in [5.74, 6) is -0.164. The minimum absolute atomic E-state index is 0.0386. The first-order valence-corrected chi connectivity index (χ1v) is 11.1. The van der Waals surface area contributed by atoms with E-state index in [0.717, 1.165) is 35.4 Å². The van der Waals surface area contributed by atoms with Crippen LogP contribution in [0.15, 0.2) is 48.5 Å². The Labute approximate surface area is 188 Å². The van der Waals surface area contributed by atoms with Crippen molar-refractivity contribution in [2.75, 3.05) is 5.32 Å². The second kappa shape index (κ2) is 9.49. The van der Waals surface area contributed by atoms with Gasteiger partial charge in [0.05, 0.1) is 11.4 Å². The molecule has 0 amide bonds. The average molecular weight is 432 g/mol. The SMILES string of the molecule is Cc1ccc(-c2nc3c(nc2-c2ccc(C)cc2)C(O)CC(CCCCC(=O)O)N3)cc1. The van der Waals surface area contributed by atoms with E-state index in [1.165, 1.54) is 11.1 Å². The maximum absolute atomic E-state index is 10.9. The van der Waals surface area contributed by atoms with Crippen LogP contribution in [0.25, 0.3) is 22.5 Å². The third-order valence-electron chi connectivity index (χ3n) is 5.93. The maximum atomic E-state index is 10.9. The normalized spacial score (nSPS) is 17.5. The van der Waals surface area contributed by atoms with Gasteiger partial charge in [-0.25, -0.2) is 9.97 Å². The summed E-state index contributed by atoms with van der Waals surface area (Å²) in [7, 11) is 0. The number of nitrogens with one attached hydrogen (secondary N) is 1. The van der Waals surface area contributed by atoms with Crippen molar-refractivity contribution in [3.8, 4) is 22.5 Å². The maximum Gasteiger partial charge on any atom is 0.303 e. The van der Waals surface area contributed by atoms with Gasteiger partial charge in [0.1, 0.15) is 11.8 Å². The molecular weight excluding hydrogens is 402 g/mol. The van der Waals surface area contributed by atoms with Crippen molar-refractivity contribution in [1.82, 2.24) is 9.97 Å². The number of fused-ring (bicyclic) bond motifs is 1. The Bertz CT molecular complexity index is 1090. The van der Waals surface area contributed by atoms with E-state index < -0.39 is 12.1 Å². The highest BCUT2D eigenvalue weighted by atomic mass is 16.4. The summed E-state index contributed by atoms with van der Waals surface area (Å²) in [5.41, 5.74) is 6.38. The van der Waals surface area contributed by atoms with Crippen molar-refractivity contribution < 1.29 is 15.0 Å². The number of anilines is 1. The molecule has 6 heteroatoms. The number of aliphatic carboxylic acids is 1. The van der Waals surface area contributed by atoms with Gasteiger partial charge in [-0.3, -0.25) is 4.79 Å². The number of carbonyl (C=O) groups is 1. The lowest BCUT2D eigenvalue weighted by atomic mass is 9.95. The highest BCUT2D eigenvalue weighted by Gasteiger charge is 2.29. The van der Waals surface area contributed by atoms with Gasteiger partial charge in [0, 0.05) is 23.6 Å². The zero-order chi connectivity index (χ0) is 22.7. The molecule has 6 nitrogen and oxygen atoms in total. The summed E-state index contributed by atoms with van der Waals surface area (Å²) in [6.45, 7) is 4.10. The molecular formula is C26H29N3O3. The van der Waals surface area contributed by atoms with E-state index in [2.05, 4.69) is 36.5 Å². The largest absolute Gasteiger partial charge is 0.481 e. The number of nitrogens with zero attached hydrogens (tertiary/aromatic N) is 2. The molecule has 0 saturated heterocycles. The second-order valence-corrected chi connectivity index (χ2v) is 8.62. The van der Waals surface area contributed by atoms with Crippen LogP contribution >= 0.6 is 0 Å². The Morgan fingerprint density at radius 3 is 2.06 bits per heavy atom. The Morgan fingerprint density at radius 2 is 1.50 bits per heavy atom. The molecule has 0 saturated carbocycles. The molecule has 1 aromatic heterocycles. The van der Waals surface area contributed by atoms with Gasteiger partial charge in [-0.15, -0.1) is 0 Å². The lowest BCUT2D eigenvalue weighted by molar-refractivity contribution is -0.137. The molecule has 2 heterocycles. The van der Waals surface area contributed by atoms with Crippen molar-refractivity contribution in [2.45, 2.75) is 58.1 Å². The smallest absolute Gasteiger partial charge is 0.303 e. The van der Waals surface area contributed by atoms with E-state index >= 15 is 0 Å². The molecule has 0 bridgehead atoms. The second-order valence-electron chi connectivity index (χ2n) is 8.62. The zero-order valence-electron chi connectivity index (χ0n) is 18.5. The van der Waals surface area contributed by atoms with E-state index in [0.29, 0.717) is 24.4 Å². The predicted octanol–water partition coefficient (Wildman–Crippen LogP) is 5.29. The van der Waals surface area contributed by atoms with E-state index in [1.807, 2.05) is 31.2 Å². The van der Waals surface area contributed by atoms with Crippen molar-refractivity contribution >= 4 is 11.8 Å². The summed E-state index contributed by atoms with van der Waals surface area (Å²) < 4.78 is 0. The highest BCUT2D eigenvalue weighted by molar-refractivity contribution is 5.79. The van der Waals surface area contributed by atoms with Gasteiger partial charge >= 0.3 is 5.97 Å². The molecule has 1 aliphatic heterocycles. The molecule has 2 aromatic carbocycles. The summed E-state index contributed by atoms with van der Waals surface area (Å²) in [6, 6.07) is 16.4. The predicted molar refractivity (Wildman–Crippen MR) is 125 cm³/mol. The van der Waals surface area contributed by atoms with Crippen molar-refractivity contribution in [2.24, 2.45) is 0 Å². The van der Waals surface area contributed by atoms with Crippen LogP contribution in [-0.4, -0.2) is 32.2 Å². The van der Waals surface area contributed by atoms with Crippen molar-refractivity contribution in [1.29, 1.82) is 0 Å². The number of aromatic nitrogens is 2. The summed E-state index contributed by atoms with van der Waals surface area (Å²) in [4.78, 5) is 20.6. The van der Waals surface area contributed by atoms with Crippen LogP contribution in [0.5, 0.6) is 0 Å². The lowest BCUT2D eigenvalue weighted by Crippen LogP contribution is -2.30. The van der Waals surface area contributed by atoms with E-state index in [4.69, 9.17) is 15.1 Å². The number of carboxylic acid groups (broad SMARTS) is 1. The molecule has 166 valence electrons. The number of carboxylic acids is 1. The van der Waals surface area contributed by atoms with Crippen LogP contribution in [0, 0.1) is 13.8 Å². The number of aliphatic hydroxyl groups excluding tert-OH is 1.